The first-order valence-electron chi connectivity index (χ1n) is 8.82. The molecule has 1 aliphatic heterocycles. The van der Waals surface area contributed by atoms with Crippen LogP contribution in [-0.4, -0.2) is 16.8 Å². The molecule has 0 aliphatic carbocycles. The third kappa shape index (κ3) is 3.59. The molecule has 0 radical (unpaired) electrons. The highest BCUT2D eigenvalue weighted by atomic mass is 16.2. The summed E-state index contributed by atoms with van der Waals surface area (Å²) in [5.41, 5.74) is 3.76. The Morgan fingerprint density at radius 2 is 1.71 bits per heavy atom. The summed E-state index contributed by atoms with van der Waals surface area (Å²) in [6, 6.07) is 19.4. The highest BCUT2D eigenvalue weighted by molar-refractivity contribution is 5.82. The van der Waals surface area contributed by atoms with Gasteiger partial charge in [-0.05, 0) is 36.0 Å². The topological polar surface area (TPSA) is 20.3 Å². The van der Waals surface area contributed by atoms with Crippen molar-refractivity contribution in [2.75, 3.05) is 0 Å². The van der Waals surface area contributed by atoms with E-state index in [1.54, 1.807) is 0 Å². The van der Waals surface area contributed by atoms with Crippen LogP contribution >= 0.6 is 0 Å². The first-order chi connectivity index (χ1) is 11.7. The lowest BCUT2D eigenvalue weighted by molar-refractivity contribution is -0.129. The second-order valence-corrected chi connectivity index (χ2v) is 6.60. The normalized spacial score (nSPS) is 20.9. The van der Waals surface area contributed by atoms with E-state index in [9.17, 15) is 4.79 Å². The van der Waals surface area contributed by atoms with Crippen molar-refractivity contribution in [1.82, 2.24) is 4.90 Å². The number of benzene rings is 2. The van der Waals surface area contributed by atoms with Crippen LogP contribution in [0.1, 0.15) is 32.3 Å². The molecule has 1 heterocycles. The molecule has 1 amide bonds. The van der Waals surface area contributed by atoms with Gasteiger partial charge >= 0.3 is 0 Å². The Morgan fingerprint density at radius 3 is 2.38 bits per heavy atom. The van der Waals surface area contributed by atoms with Crippen molar-refractivity contribution in [3.05, 3.63) is 72.4 Å². The maximum atomic E-state index is 12.3. The monoisotopic (exact) mass is 319 g/mol. The van der Waals surface area contributed by atoms with Crippen LogP contribution in [0, 0.1) is 5.92 Å². The number of carbonyl (C=O) groups excluding carboxylic acids is 1. The molecule has 0 bridgehead atoms. The third-order valence-corrected chi connectivity index (χ3v) is 4.73. The largest absolute Gasteiger partial charge is 0.316 e. The summed E-state index contributed by atoms with van der Waals surface area (Å²) in [6.07, 6.45) is 6.86. The number of likely N-dealkylation sites (tertiary alicyclic amines) is 1. The zero-order valence-corrected chi connectivity index (χ0v) is 14.5. The van der Waals surface area contributed by atoms with Gasteiger partial charge in [0.05, 0.1) is 0 Å². The van der Waals surface area contributed by atoms with Gasteiger partial charge in [0.15, 0.2) is 0 Å². The number of hydrogen-bond donors (Lipinski definition) is 0. The fourth-order valence-electron chi connectivity index (χ4n) is 3.39. The van der Waals surface area contributed by atoms with Crippen LogP contribution in [0.15, 0.2) is 66.9 Å². The lowest BCUT2D eigenvalue weighted by atomic mass is 9.98. The van der Waals surface area contributed by atoms with E-state index in [2.05, 4.69) is 61.5 Å². The summed E-state index contributed by atoms with van der Waals surface area (Å²) >= 11 is 0. The molecule has 0 N–H and O–H groups in total. The Hall–Kier alpha value is -2.35. The Labute approximate surface area is 144 Å². The highest BCUT2D eigenvalue weighted by Gasteiger charge is 2.35. The van der Waals surface area contributed by atoms with Crippen molar-refractivity contribution < 1.29 is 4.79 Å². The van der Waals surface area contributed by atoms with E-state index in [0.29, 0.717) is 0 Å². The van der Waals surface area contributed by atoms with Crippen molar-refractivity contribution in [2.24, 2.45) is 5.92 Å². The van der Waals surface area contributed by atoms with Crippen LogP contribution in [0.2, 0.25) is 0 Å². The number of rotatable bonds is 5. The molecule has 0 spiro atoms. The predicted octanol–water partition coefficient (Wildman–Crippen LogP) is 5.06. The maximum absolute atomic E-state index is 12.3. The summed E-state index contributed by atoms with van der Waals surface area (Å²) in [5, 5.41) is 0. The number of amides is 1. The first kappa shape index (κ1) is 16.5. The summed E-state index contributed by atoms with van der Waals surface area (Å²) in [5.74, 6) is 0.380. The Kier molecular flexibility index (Phi) is 5.14. The Morgan fingerprint density at radius 1 is 1.04 bits per heavy atom. The molecule has 1 fully saturated rings. The van der Waals surface area contributed by atoms with E-state index in [4.69, 9.17) is 0 Å². The van der Waals surface area contributed by atoms with Crippen LogP contribution in [0.4, 0.5) is 0 Å². The number of nitrogens with zero attached hydrogens (tertiary/aromatic N) is 1. The highest BCUT2D eigenvalue weighted by Crippen LogP contribution is 2.28. The van der Waals surface area contributed by atoms with Gasteiger partial charge < -0.3 is 4.90 Å². The minimum absolute atomic E-state index is 0.125. The van der Waals surface area contributed by atoms with Gasteiger partial charge in [-0.1, -0.05) is 74.5 Å². The predicted molar refractivity (Wildman–Crippen MR) is 99.4 cm³/mol. The van der Waals surface area contributed by atoms with E-state index in [1.165, 1.54) is 16.7 Å². The van der Waals surface area contributed by atoms with Gasteiger partial charge in [0.1, 0.15) is 0 Å². The summed E-state index contributed by atoms with van der Waals surface area (Å²) in [7, 11) is 0. The van der Waals surface area contributed by atoms with Gasteiger partial charge in [-0.25, -0.2) is 0 Å². The molecule has 0 saturated carbocycles. The van der Waals surface area contributed by atoms with Gasteiger partial charge in [-0.15, -0.1) is 0 Å². The fraction of sp³-hybridized carbons (Fsp3) is 0.318. The summed E-state index contributed by atoms with van der Waals surface area (Å²) in [4.78, 5) is 14.3. The minimum atomic E-state index is 0.125. The van der Waals surface area contributed by atoms with Crippen LogP contribution in [0.5, 0.6) is 0 Å². The van der Waals surface area contributed by atoms with E-state index in [-0.39, 0.29) is 17.9 Å². The standard InChI is InChI=1S/C22H25NO/c1-3-4-14-23-21(15-17(2)22(23)24)16-18-10-12-20(13-11-18)19-8-6-5-7-9-19/h4-14,17,21H,3,15-16H2,1-2H3/b14-4+/t17?,21-/m0/s1. The fourth-order valence-corrected chi connectivity index (χ4v) is 3.39. The minimum Gasteiger partial charge on any atom is -0.316 e. The second-order valence-electron chi connectivity index (χ2n) is 6.60. The quantitative estimate of drug-likeness (QED) is 0.754. The van der Waals surface area contributed by atoms with Crippen LogP contribution in [0.25, 0.3) is 11.1 Å². The molecule has 3 rings (SSSR count). The van der Waals surface area contributed by atoms with Crippen LogP contribution < -0.4 is 0 Å². The zero-order valence-electron chi connectivity index (χ0n) is 14.5. The second kappa shape index (κ2) is 7.48. The molecule has 1 saturated heterocycles. The Bertz CT molecular complexity index is 703. The molecule has 2 nitrogen and oxygen atoms in total. The molecule has 2 aromatic rings. The third-order valence-electron chi connectivity index (χ3n) is 4.73. The molecule has 2 atom stereocenters. The summed E-state index contributed by atoms with van der Waals surface area (Å²) in [6.45, 7) is 4.13. The molecule has 1 unspecified atom stereocenters. The van der Waals surface area contributed by atoms with Crippen LogP contribution in [0.3, 0.4) is 0 Å². The molecular weight excluding hydrogens is 294 g/mol. The maximum Gasteiger partial charge on any atom is 0.229 e. The molecular formula is C22H25NO. The molecule has 1 aliphatic rings. The number of allylic oxidation sites excluding steroid dienone is 1. The number of carbonyl (C=O) groups is 1. The van der Waals surface area contributed by atoms with Gasteiger partial charge in [0, 0.05) is 18.2 Å². The average molecular weight is 319 g/mol. The van der Waals surface area contributed by atoms with Crippen molar-refractivity contribution >= 4 is 5.91 Å². The van der Waals surface area contributed by atoms with Gasteiger partial charge in [0.2, 0.25) is 5.91 Å². The van der Waals surface area contributed by atoms with Gasteiger partial charge in [-0.2, -0.15) is 0 Å². The van der Waals surface area contributed by atoms with Gasteiger partial charge in [0.25, 0.3) is 0 Å². The van der Waals surface area contributed by atoms with Crippen molar-refractivity contribution in [1.29, 1.82) is 0 Å². The van der Waals surface area contributed by atoms with Gasteiger partial charge in [-0.3, -0.25) is 4.79 Å². The van der Waals surface area contributed by atoms with E-state index in [1.807, 2.05) is 24.1 Å². The summed E-state index contributed by atoms with van der Waals surface area (Å²) < 4.78 is 0. The SMILES string of the molecule is CC/C=C/N1C(=O)C(C)C[C@H]1Cc1ccc(-c2ccccc2)cc1. The van der Waals surface area contributed by atoms with E-state index < -0.39 is 0 Å². The van der Waals surface area contributed by atoms with Crippen LogP contribution in [-0.2, 0) is 11.2 Å². The first-order valence-corrected chi connectivity index (χ1v) is 8.82. The smallest absolute Gasteiger partial charge is 0.229 e. The molecule has 24 heavy (non-hydrogen) atoms. The van der Waals surface area contributed by atoms with E-state index >= 15 is 0 Å². The average Bonchev–Trinajstić information content (AvgIpc) is 2.88. The molecule has 2 heteroatoms. The van der Waals surface area contributed by atoms with Crippen molar-refractivity contribution in [3.8, 4) is 11.1 Å². The van der Waals surface area contributed by atoms with Crippen molar-refractivity contribution in [2.45, 2.75) is 39.2 Å². The van der Waals surface area contributed by atoms with E-state index in [0.717, 1.165) is 19.3 Å². The number of hydrogen-bond acceptors (Lipinski definition) is 1. The lowest BCUT2D eigenvalue weighted by Gasteiger charge is -2.21. The molecule has 124 valence electrons. The molecule has 2 aromatic carbocycles. The lowest BCUT2D eigenvalue weighted by Crippen LogP contribution is -2.30. The van der Waals surface area contributed by atoms with Crippen molar-refractivity contribution in [3.63, 3.8) is 0 Å². The Balaban J connectivity index is 1.73. The zero-order chi connectivity index (χ0) is 16.9. The molecule has 0 aromatic heterocycles.